The van der Waals surface area contributed by atoms with Gasteiger partial charge in [0.25, 0.3) is 0 Å². The number of morpholine rings is 1. The normalized spacial score (nSPS) is 17.0. The maximum absolute atomic E-state index is 5.51. The molecule has 3 aromatic rings. The van der Waals surface area contributed by atoms with Crippen molar-refractivity contribution in [3.8, 4) is 0 Å². The molecule has 2 aliphatic rings. The van der Waals surface area contributed by atoms with Crippen LogP contribution in [0.1, 0.15) is 28.4 Å². The molecular formula is C22H28N5OS+. The summed E-state index contributed by atoms with van der Waals surface area (Å²) in [7, 11) is 2.16. The van der Waals surface area contributed by atoms with Gasteiger partial charge in [-0.3, -0.25) is 4.98 Å². The Balaban J connectivity index is 1.45. The van der Waals surface area contributed by atoms with Crippen LogP contribution in [0.5, 0.6) is 0 Å². The molecule has 4 heterocycles. The van der Waals surface area contributed by atoms with Crippen LogP contribution in [0.3, 0.4) is 0 Å². The highest BCUT2D eigenvalue weighted by Gasteiger charge is 2.25. The molecule has 152 valence electrons. The molecule has 3 aromatic heterocycles. The SMILES string of the molecule is CN(CCc1ccccn1)c1nc(C[NH+]2CCOCC2)nc2sc3c(c12)CCC3. The summed E-state index contributed by atoms with van der Waals surface area (Å²) in [5, 5.41) is 1.30. The van der Waals surface area contributed by atoms with Gasteiger partial charge >= 0.3 is 0 Å². The van der Waals surface area contributed by atoms with Crippen molar-refractivity contribution < 1.29 is 9.64 Å². The predicted octanol–water partition coefficient (Wildman–Crippen LogP) is 1.67. The van der Waals surface area contributed by atoms with E-state index in [-0.39, 0.29) is 0 Å². The number of thiophene rings is 1. The van der Waals surface area contributed by atoms with E-state index in [1.807, 2.05) is 23.6 Å². The number of nitrogens with one attached hydrogen (secondary N) is 1. The van der Waals surface area contributed by atoms with E-state index in [1.54, 1.807) is 0 Å². The Kier molecular flexibility index (Phi) is 5.44. The van der Waals surface area contributed by atoms with Gasteiger partial charge in [-0.1, -0.05) is 6.07 Å². The lowest BCUT2D eigenvalue weighted by molar-refractivity contribution is -0.922. The summed E-state index contributed by atoms with van der Waals surface area (Å²) in [6, 6.07) is 6.12. The van der Waals surface area contributed by atoms with Crippen molar-refractivity contribution in [3.05, 3.63) is 46.4 Å². The van der Waals surface area contributed by atoms with E-state index in [0.29, 0.717) is 0 Å². The average Bonchev–Trinajstić information content (AvgIpc) is 3.34. The molecular weight excluding hydrogens is 382 g/mol. The molecule has 1 N–H and O–H groups in total. The van der Waals surface area contributed by atoms with E-state index in [2.05, 4.69) is 29.1 Å². The molecule has 29 heavy (non-hydrogen) atoms. The van der Waals surface area contributed by atoms with Gasteiger partial charge in [0, 0.05) is 36.8 Å². The van der Waals surface area contributed by atoms with Crippen molar-refractivity contribution in [2.24, 2.45) is 0 Å². The quantitative estimate of drug-likeness (QED) is 0.670. The van der Waals surface area contributed by atoms with Crippen LogP contribution in [0.4, 0.5) is 5.82 Å². The number of likely N-dealkylation sites (N-methyl/N-ethyl adjacent to an activating group) is 1. The summed E-state index contributed by atoms with van der Waals surface area (Å²) in [4.78, 5) is 21.1. The average molecular weight is 411 g/mol. The number of aromatic nitrogens is 3. The molecule has 0 bridgehead atoms. The number of pyridine rings is 1. The molecule has 5 rings (SSSR count). The molecule has 1 aliphatic carbocycles. The number of nitrogens with zero attached hydrogens (tertiary/aromatic N) is 4. The van der Waals surface area contributed by atoms with Gasteiger partial charge in [-0.05, 0) is 37.0 Å². The zero-order valence-electron chi connectivity index (χ0n) is 17.0. The minimum atomic E-state index is 0.835. The van der Waals surface area contributed by atoms with Crippen LogP contribution in [-0.4, -0.2) is 54.8 Å². The first kappa shape index (κ1) is 18.9. The number of anilines is 1. The molecule has 0 unspecified atom stereocenters. The fraction of sp³-hybridized carbons (Fsp3) is 0.500. The third kappa shape index (κ3) is 3.99. The Labute approximate surface area is 175 Å². The second kappa shape index (κ2) is 8.34. The molecule has 0 atom stereocenters. The Bertz CT molecular complexity index is 984. The molecule has 0 spiro atoms. The summed E-state index contributed by atoms with van der Waals surface area (Å²) >= 11 is 1.88. The highest BCUT2D eigenvalue weighted by Crippen LogP contribution is 2.40. The van der Waals surface area contributed by atoms with Crippen molar-refractivity contribution in [3.63, 3.8) is 0 Å². The standard InChI is InChI=1S/C22H27N5OS/c1-26(10-8-16-5-2-3-9-23-16)21-20-17-6-4-7-18(17)29-22(20)25-19(24-21)15-27-11-13-28-14-12-27/h2-3,5,9H,4,6-8,10-15H2,1H3/p+1. The van der Waals surface area contributed by atoms with Gasteiger partial charge in [0.1, 0.15) is 30.3 Å². The van der Waals surface area contributed by atoms with Gasteiger partial charge in [-0.2, -0.15) is 0 Å². The maximum atomic E-state index is 5.51. The van der Waals surface area contributed by atoms with E-state index in [1.165, 1.54) is 38.4 Å². The Morgan fingerprint density at radius 2 is 2.07 bits per heavy atom. The van der Waals surface area contributed by atoms with Gasteiger partial charge in [-0.25, -0.2) is 9.97 Å². The molecule has 0 aromatic carbocycles. The number of ether oxygens (including phenoxy) is 1. The first-order chi connectivity index (χ1) is 14.3. The van der Waals surface area contributed by atoms with E-state index < -0.39 is 0 Å². The van der Waals surface area contributed by atoms with Crippen LogP contribution in [0.2, 0.25) is 0 Å². The number of fused-ring (bicyclic) bond motifs is 3. The largest absolute Gasteiger partial charge is 0.370 e. The first-order valence-electron chi connectivity index (χ1n) is 10.6. The van der Waals surface area contributed by atoms with E-state index in [4.69, 9.17) is 14.7 Å². The zero-order valence-corrected chi connectivity index (χ0v) is 17.8. The molecule has 0 amide bonds. The Morgan fingerprint density at radius 1 is 1.17 bits per heavy atom. The summed E-state index contributed by atoms with van der Waals surface area (Å²) in [5.41, 5.74) is 2.62. The molecule has 6 nitrogen and oxygen atoms in total. The van der Waals surface area contributed by atoms with E-state index >= 15 is 0 Å². The number of rotatable bonds is 6. The number of hydrogen-bond acceptors (Lipinski definition) is 6. The summed E-state index contributed by atoms with van der Waals surface area (Å²) in [5.74, 6) is 2.07. The summed E-state index contributed by atoms with van der Waals surface area (Å²) in [6.45, 7) is 5.52. The van der Waals surface area contributed by atoms with Crippen LogP contribution in [0.15, 0.2) is 24.4 Å². The minimum absolute atomic E-state index is 0.835. The fourth-order valence-electron chi connectivity index (χ4n) is 4.37. The van der Waals surface area contributed by atoms with Crippen LogP contribution in [-0.2, 0) is 30.5 Å². The molecule has 0 radical (unpaired) electrons. The Morgan fingerprint density at radius 3 is 2.90 bits per heavy atom. The van der Waals surface area contributed by atoms with Crippen LogP contribution < -0.4 is 9.80 Å². The van der Waals surface area contributed by atoms with Crippen LogP contribution in [0.25, 0.3) is 10.2 Å². The summed E-state index contributed by atoms with van der Waals surface area (Å²) < 4.78 is 5.51. The van der Waals surface area contributed by atoms with Gasteiger partial charge in [0.2, 0.25) is 0 Å². The topological polar surface area (TPSA) is 55.6 Å². The third-order valence-electron chi connectivity index (χ3n) is 5.99. The van der Waals surface area contributed by atoms with Crippen LogP contribution >= 0.6 is 11.3 Å². The van der Waals surface area contributed by atoms with Crippen molar-refractivity contribution in [2.45, 2.75) is 32.2 Å². The zero-order chi connectivity index (χ0) is 19.6. The second-order valence-electron chi connectivity index (χ2n) is 8.03. The van der Waals surface area contributed by atoms with Gasteiger partial charge in [0.05, 0.1) is 18.6 Å². The predicted molar refractivity (Wildman–Crippen MR) is 116 cm³/mol. The highest BCUT2D eigenvalue weighted by atomic mass is 32.1. The Hall–Kier alpha value is -2.09. The minimum Gasteiger partial charge on any atom is -0.370 e. The van der Waals surface area contributed by atoms with Crippen molar-refractivity contribution in [1.29, 1.82) is 0 Å². The summed E-state index contributed by atoms with van der Waals surface area (Å²) in [6.07, 6.45) is 6.39. The first-order valence-corrected chi connectivity index (χ1v) is 11.4. The fourth-order valence-corrected chi connectivity index (χ4v) is 5.64. The second-order valence-corrected chi connectivity index (χ2v) is 9.12. The molecule has 1 saturated heterocycles. The van der Waals surface area contributed by atoms with Crippen LogP contribution in [0, 0.1) is 0 Å². The van der Waals surface area contributed by atoms with Crippen molar-refractivity contribution in [1.82, 2.24) is 15.0 Å². The number of quaternary nitrogens is 1. The van der Waals surface area contributed by atoms with Gasteiger partial charge < -0.3 is 14.5 Å². The highest BCUT2D eigenvalue weighted by molar-refractivity contribution is 7.19. The molecule has 0 saturated carbocycles. The molecule has 7 heteroatoms. The van der Waals surface area contributed by atoms with Gasteiger partial charge in [-0.15, -0.1) is 11.3 Å². The number of hydrogen-bond donors (Lipinski definition) is 1. The third-order valence-corrected chi connectivity index (χ3v) is 7.18. The molecule has 1 aliphatic heterocycles. The lowest BCUT2D eigenvalue weighted by atomic mass is 10.1. The van der Waals surface area contributed by atoms with Crippen molar-refractivity contribution in [2.75, 3.05) is 44.8 Å². The van der Waals surface area contributed by atoms with E-state index in [0.717, 1.165) is 69.6 Å². The monoisotopic (exact) mass is 410 g/mol. The lowest BCUT2D eigenvalue weighted by Gasteiger charge is -2.24. The van der Waals surface area contributed by atoms with E-state index in [9.17, 15) is 0 Å². The molecule has 1 fully saturated rings. The maximum Gasteiger partial charge on any atom is 0.187 e. The lowest BCUT2D eigenvalue weighted by Crippen LogP contribution is -3.12. The smallest absolute Gasteiger partial charge is 0.187 e. The van der Waals surface area contributed by atoms with Gasteiger partial charge in [0.15, 0.2) is 5.82 Å². The number of aryl methyl sites for hydroxylation is 2. The van der Waals surface area contributed by atoms with Crippen molar-refractivity contribution >= 4 is 27.4 Å².